The average molecular weight is 306 g/mol. The molecule has 1 aromatic heterocycles. The van der Waals surface area contributed by atoms with Gasteiger partial charge in [0, 0.05) is 30.4 Å². The minimum atomic E-state index is 0.269. The van der Waals surface area contributed by atoms with Gasteiger partial charge in [0.25, 0.3) is 0 Å². The van der Waals surface area contributed by atoms with Crippen LogP contribution in [-0.2, 0) is 13.2 Å². The summed E-state index contributed by atoms with van der Waals surface area (Å²) in [4.78, 5) is 5.15. The topological polar surface area (TPSA) is 52.6 Å². The van der Waals surface area contributed by atoms with Gasteiger partial charge in [-0.1, -0.05) is 13.8 Å². The third-order valence-electron chi connectivity index (χ3n) is 3.11. The lowest BCUT2D eigenvalue weighted by atomic mass is 10.1. The van der Waals surface area contributed by atoms with Gasteiger partial charge in [-0.15, -0.1) is 11.3 Å². The molecule has 0 unspecified atom stereocenters. The molecule has 0 saturated carbocycles. The van der Waals surface area contributed by atoms with Crippen LogP contribution in [0.5, 0.6) is 17.2 Å². The molecular formula is C15H18N2O3S. The molecule has 1 aliphatic rings. The Bertz CT molecular complexity index is 599. The molecule has 1 aliphatic heterocycles. The molecule has 0 fully saturated rings. The van der Waals surface area contributed by atoms with E-state index in [1.54, 1.807) is 16.8 Å². The monoisotopic (exact) mass is 306 g/mol. The lowest BCUT2D eigenvalue weighted by molar-refractivity contribution is 0.173. The lowest BCUT2D eigenvalue weighted by Crippen LogP contribution is -2.22. The van der Waals surface area contributed by atoms with E-state index in [0.717, 1.165) is 34.2 Å². The summed E-state index contributed by atoms with van der Waals surface area (Å²) in [6.07, 6.45) is 1.82. The van der Waals surface area contributed by atoms with Gasteiger partial charge >= 0.3 is 0 Å². The number of nitrogens with zero attached hydrogens (tertiary/aromatic N) is 1. The molecule has 1 aromatic carbocycles. The van der Waals surface area contributed by atoms with Crippen LogP contribution in [0.25, 0.3) is 0 Å². The molecular weight excluding hydrogens is 288 g/mol. The molecule has 2 heterocycles. The highest BCUT2D eigenvalue weighted by molar-refractivity contribution is 7.09. The van der Waals surface area contributed by atoms with Crippen molar-refractivity contribution in [3.63, 3.8) is 0 Å². The number of thiazole rings is 1. The van der Waals surface area contributed by atoms with Gasteiger partial charge in [0.15, 0.2) is 11.5 Å². The molecule has 0 saturated heterocycles. The Morgan fingerprint density at radius 3 is 2.86 bits per heavy atom. The third-order valence-corrected chi connectivity index (χ3v) is 3.86. The number of rotatable bonds is 6. The number of aromatic nitrogens is 1. The van der Waals surface area contributed by atoms with Crippen molar-refractivity contribution in [2.75, 3.05) is 6.79 Å². The molecule has 0 amide bonds. The molecule has 5 nitrogen and oxygen atoms in total. The van der Waals surface area contributed by atoms with Crippen molar-refractivity contribution in [3.05, 3.63) is 34.3 Å². The molecule has 0 aliphatic carbocycles. The minimum Gasteiger partial charge on any atom is -0.488 e. The van der Waals surface area contributed by atoms with E-state index in [9.17, 15) is 0 Å². The van der Waals surface area contributed by atoms with Gasteiger partial charge in [-0.05, 0) is 6.07 Å². The van der Waals surface area contributed by atoms with E-state index in [-0.39, 0.29) is 6.79 Å². The number of hydrogen-bond acceptors (Lipinski definition) is 6. The van der Waals surface area contributed by atoms with E-state index in [2.05, 4.69) is 24.1 Å². The zero-order valence-electron chi connectivity index (χ0n) is 12.1. The normalized spacial score (nSPS) is 12.9. The fraction of sp³-hybridized carbons (Fsp3) is 0.400. The highest BCUT2D eigenvalue weighted by Crippen LogP contribution is 2.38. The number of nitrogens with one attached hydrogen (secondary N) is 1. The number of ether oxygens (including phenoxy) is 3. The van der Waals surface area contributed by atoms with Crippen LogP contribution in [-0.4, -0.2) is 17.8 Å². The Morgan fingerprint density at radius 2 is 2.14 bits per heavy atom. The summed E-state index contributed by atoms with van der Waals surface area (Å²) in [5, 5.41) is 3.40. The van der Waals surface area contributed by atoms with Crippen molar-refractivity contribution in [1.29, 1.82) is 0 Å². The van der Waals surface area contributed by atoms with Gasteiger partial charge in [0.2, 0.25) is 6.79 Å². The summed E-state index contributed by atoms with van der Waals surface area (Å²) in [6.45, 7) is 5.74. The van der Waals surface area contributed by atoms with Gasteiger partial charge in [0.05, 0.1) is 10.4 Å². The summed E-state index contributed by atoms with van der Waals surface area (Å²) in [7, 11) is 0. The number of benzene rings is 1. The number of hydrogen-bond donors (Lipinski definition) is 1. The van der Waals surface area contributed by atoms with Gasteiger partial charge in [-0.25, -0.2) is 0 Å². The second kappa shape index (κ2) is 6.32. The SMILES string of the molecule is CC(C)NCc1cc2c(cc1OCc1cncs1)OCO2. The Morgan fingerprint density at radius 1 is 1.33 bits per heavy atom. The summed E-state index contributed by atoms with van der Waals surface area (Å²) < 4.78 is 16.8. The van der Waals surface area contributed by atoms with Crippen LogP contribution < -0.4 is 19.5 Å². The molecule has 21 heavy (non-hydrogen) atoms. The Balaban J connectivity index is 1.78. The molecule has 1 N–H and O–H groups in total. The van der Waals surface area contributed by atoms with Crippen LogP contribution in [0.4, 0.5) is 0 Å². The molecule has 0 spiro atoms. The Hall–Kier alpha value is -1.79. The van der Waals surface area contributed by atoms with E-state index < -0.39 is 0 Å². The first-order valence-electron chi connectivity index (χ1n) is 6.88. The summed E-state index contributed by atoms with van der Waals surface area (Å²) >= 11 is 1.58. The van der Waals surface area contributed by atoms with Crippen LogP contribution in [0, 0.1) is 0 Å². The second-order valence-corrected chi connectivity index (χ2v) is 6.08. The first-order valence-corrected chi connectivity index (χ1v) is 7.76. The van der Waals surface area contributed by atoms with E-state index in [0.29, 0.717) is 12.6 Å². The molecule has 2 aromatic rings. The molecule has 0 bridgehead atoms. The molecule has 3 rings (SSSR count). The Labute approximate surface area is 127 Å². The second-order valence-electron chi connectivity index (χ2n) is 5.11. The fourth-order valence-electron chi connectivity index (χ4n) is 2.01. The van der Waals surface area contributed by atoms with Crippen molar-refractivity contribution in [1.82, 2.24) is 10.3 Å². The molecule has 0 atom stereocenters. The van der Waals surface area contributed by atoms with Crippen molar-refractivity contribution >= 4 is 11.3 Å². The van der Waals surface area contributed by atoms with Crippen LogP contribution in [0.15, 0.2) is 23.8 Å². The maximum absolute atomic E-state index is 5.93. The molecule has 0 radical (unpaired) electrons. The Kier molecular flexibility index (Phi) is 4.26. The minimum absolute atomic E-state index is 0.269. The fourth-order valence-corrected chi connectivity index (χ4v) is 2.52. The van der Waals surface area contributed by atoms with E-state index in [1.807, 2.05) is 18.3 Å². The first kappa shape index (κ1) is 14.2. The van der Waals surface area contributed by atoms with Crippen LogP contribution in [0.3, 0.4) is 0 Å². The van der Waals surface area contributed by atoms with Crippen molar-refractivity contribution in [2.24, 2.45) is 0 Å². The third kappa shape index (κ3) is 3.46. The van der Waals surface area contributed by atoms with Crippen molar-refractivity contribution in [3.8, 4) is 17.2 Å². The summed E-state index contributed by atoms with van der Waals surface area (Å²) in [5.41, 5.74) is 2.87. The summed E-state index contributed by atoms with van der Waals surface area (Å²) in [5.74, 6) is 2.34. The standard InChI is InChI=1S/C15H18N2O3S/c1-10(2)17-5-11-3-14-15(20-9-19-14)4-13(11)18-7-12-6-16-8-21-12/h3-4,6,8,10,17H,5,7,9H2,1-2H3. The van der Waals surface area contributed by atoms with Gasteiger partial charge in [-0.2, -0.15) is 0 Å². The highest BCUT2D eigenvalue weighted by Gasteiger charge is 2.18. The lowest BCUT2D eigenvalue weighted by Gasteiger charge is -2.14. The van der Waals surface area contributed by atoms with Crippen molar-refractivity contribution in [2.45, 2.75) is 33.0 Å². The van der Waals surface area contributed by atoms with Crippen LogP contribution >= 0.6 is 11.3 Å². The van der Waals surface area contributed by atoms with E-state index >= 15 is 0 Å². The maximum Gasteiger partial charge on any atom is 0.231 e. The maximum atomic E-state index is 5.93. The van der Waals surface area contributed by atoms with Gasteiger partial charge < -0.3 is 19.5 Å². The smallest absolute Gasteiger partial charge is 0.231 e. The van der Waals surface area contributed by atoms with E-state index in [1.165, 1.54) is 0 Å². The van der Waals surface area contributed by atoms with Gasteiger partial charge in [0.1, 0.15) is 12.4 Å². The predicted octanol–water partition coefficient (Wildman–Crippen LogP) is 2.95. The summed E-state index contributed by atoms with van der Waals surface area (Å²) in [6, 6.07) is 4.30. The quantitative estimate of drug-likeness (QED) is 0.889. The van der Waals surface area contributed by atoms with Crippen LogP contribution in [0.1, 0.15) is 24.3 Å². The zero-order chi connectivity index (χ0) is 14.7. The predicted molar refractivity (Wildman–Crippen MR) is 81.0 cm³/mol. The molecule has 6 heteroatoms. The van der Waals surface area contributed by atoms with E-state index in [4.69, 9.17) is 14.2 Å². The van der Waals surface area contributed by atoms with Crippen LogP contribution in [0.2, 0.25) is 0 Å². The van der Waals surface area contributed by atoms with Crippen molar-refractivity contribution < 1.29 is 14.2 Å². The highest BCUT2D eigenvalue weighted by atomic mass is 32.1. The van der Waals surface area contributed by atoms with Gasteiger partial charge in [-0.3, -0.25) is 4.98 Å². The largest absolute Gasteiger partial charge is 0.488 e. The number of fused-ring (bicyclic) bond motifs is 1. The zero-order valence-corrected chi connectivity index (χ0v) is 12.9. The first-order chi connectivity index (χ1) is 10.2. The molecule has 112 valence electrons. The average Bonchev–Trinajstić information content (AvgIpc) is 3.12.